The first kappa shape index (κ1) is 19.1. The summed E-state index contributed by atoms with van der Waals surface area (Å²) in [6.07, 6.45) is 4.50. The Morgan fingerprint density at radius 1 is 1.25 bits per heavy atom. The summed E-state index contributed by atoms with van der Waals surface area (Å²) >= 11 is 2.89. The van der Waals surface area contributed by atoms with Gasteiger partial charge in [0.15, 0.2) is 10.3 Å². The highest BCUT2D eigenvalue weighted by atomic mass is 32.2. The van der Waals surface area contributed by atoms with Gasteiger partial charge in [0.2, 0.25) is 5.91 Å². The van der Waals surface area contributed by atoms with E-state index in [-0.39, 0.29) is 5.91 Å². The molecule has 0 atom stereocenters. The molecule has 1 aliphatic heterocycles. The lowest BCUT2D eigenvalue weighted by Gasteiger charge is -2.06. The van der Waals surface area contributed by atoms with E-state index < -0.39 is 0 Å². The molecule has 0 unspecified atom stereocenters. The molecule has 0 spiro atoms. The fraction of sp³-hybridized carbons (Fsp3) is 0.400. The Hall–Kier alpha value is -2.19. The third-order valence-corrected chi connectivity index (χ3v) is 6.55. The second-order valence-corrected chi connectivity index (χ2v) is 8.85. The fourth-order valence-corrected chi connectivity index (χ4v) is 4.83. The van der Waals surface area contributed by atoms with Crippen LogP contribution in [0.15, 0.2) is 28.7 Å². The molecule has 1 aliphatic rings. The summed E-state index contributed by atoms with van der Waals surface area (Å²) in [5.74, 6) is 1.27. The molecule has 0 fully saturated rings. The molecule has 0 radical (unpaired) electrons. The van der Waals surface area contributed by atoms with Crippen LogP contribution in [0.3, 0.4) is 0 Å². The number of carbonyl (C=O) groups is 1. The molecule has 146 valence electrons. The Morgan fingerprint density at radius 3 is 3.04 bits per heavy atom. The van der Waals surface area contributed by atoms with Crippen LogP contribution < -0.4 is 5.32 Å². The maximum absolute atomic E-state index is 12.4. The average Bonchev–Trinajstić information content (AvgIpc) is 3.22. The van der Waals surface area contributed by atoms with Crippen molar-refractivity contribution in [3.05, 3.63) is 40.5 Å². The smallest absolute Gasteiger partial charge is 0.236 e. The van der Waals surface area contributed by atoms with Crippen molar-refractivity contribution in [2.45, 2.75) is 51.2 Å². The van der Waals surface area contributed by atoms with Crippen molar-refractivity contribution in [2.75, 3.05) is 11.1 Å². The van der Waals surface area contributed by atoms with Crippen LogP contribution in [0.25, 0.3) is 11.3 Å². The number of aryl methyl sites for hydroxylation is 3. The second-order valence-electron chi connectivity index (χ2n) is 7.05. The minimum absolute atomic E-state index is 0.0714. The van der Waals surface area contributed by atoms with Crippen LogP contribution in [-0.4, -0.2) is 31.4 Å². The highest BCUT2D eigenvalue weighted by Crippen LogP contribution is 2.28. The molecule has 0 saturated heterocycles. The summed E-state index contributed by atoms with van der Waals surface area (Å²) in [5.41, 5.74) is 4.38. The van der Waals surface area contributed by atoms with Gasteiger partial charge < -0.3 is 9.88 Å². The number of anilines is 1. The third kappa shape index (κ3) is 4.28. The van der Waals surface area contributed by atoms with Gasteiger partial charge in [-0.05, 0) is 38.3 Å². The van der Waals surface area contributed by atoms with Gasteiger partial charge in [-0.1, -0.05) is 35.9 Å². The lowest BCUT2D eigenvalue weighted by molar-refractivity contribution is -0.113. The number of benzene rings is 1. The molecule has 3 aromatic rings. The Balaban J connectivity index is 1.38. The minimum atomic E-state index is -0.0714. The number of carbonyl (C=O) groups excluding carboxylic acids is 1. The number of nitrogens with one attached hydrogen (secondary N) is 1. The molecular weight excluding hydrogens is 390 g/mol. The molecule has 3 heterocycles. The topological polar surface area (TPSA) is 72.7 Å². The van der Waals surface area contributed by atoms with Crippen LogP contribution in [0.2, 0.25) is 0 Å². The van der Waals surface area contributed by atoms with Crippen LogP contribution >= 0.6 is 23.1 Å². The zero-order valence-corrected chi connectivity index (χ0v) is 17.7. The molecular formula is C20H23N5OS2. The third-order valence-electron chi connectivity index (χ3n) is 4.83. The van der Waals surface area contributed by atoms with Crippen molar-refractivity contribution in [2.24, 2.45) is 0 Å². The van der Waals surface area contributed by atoms with E-state index in [1.165, 1.54) is 40.6 Å². The summed E-state index contributed by atoms with van der Waals surface area (Å²) in [6.45, 7) is 5.09. The first-order valence-corrected chi connectivity index (χ1v) is 11.3. The van der Waals surface area contributed by atoms with Crippen LogP contribution in [0.4, 0.5) is 5.13 Å². The predicted molar refractivity (Wildman–Crippen MR) is 114 cm³/mol. The van der Waals surface area contributed by atoms with Crippen molar-refractivity contribution in [1.29, 1.82) is 0 Å². The average molecular weight is 414 g/mol. The van der Waals surface area contributed by atoms with Gasteiger partial charge in [0.25, 0.3) is 0 Å². The molecule has 1 aromatic carbocycles. The van der Waals surface area contributed by atoms with Crippen molar-refractivity contribution < 1.29 is 4.79 Å². The SMILES string of the molecule is Cc1ccc(C)c(-c2csc(NC(=O)CSc3nnc4n3CCCCC4)n2)c1. The van der Waals surface area contributed by atoms with E-state index in [0.717, 1.165) is 48.0 Å². The van der Waals surface area contributed by atoms with Gasteiger partial charge in [-0.3, -0.25) is 4.79 Å². The van der Waals surface area contributed by atoms with E-state index in [1.807, 2.05) is 5.38 Å². The Labute approximate surface area is 172 Å². The Kier molecular flexibility index (Phi) is 5.77. The van der Waals surface area contributed by atoms with Gasteiger partial charge in [-0.25, -0.2) is 4.98 Å². The first-order valence-electron chi connectivity index (χ1n) is 9.48. The van der Waals surface area contributed by atoms with Crippen LogP contribution in [-0.2, 0) is 17.8 Å². The van der Waals surface area contributed by atoms with Crippen LogP contribution in [0, 0.1) is 13.8 Å². The molecule has 0 bridgehead atoms. The molecule has 0 aliphatic carbocycles. The maximum atomic E-state index is 12.4. The highest BCUT2D eigenvalue weighted by molar-refractivity contribution is 7.99. The second kappa shape index (κ2) is 8.45. The van der Waals surface area contributed by atoms with E-state index in [1.54, 1.807) is 0 Å². The number of fused-ring (bicyclic) bond motifs is 1. The van der Waals surface area contributed by atoms with Gasteiger partial charge in [0.1, 0.15) is 5.82 Å². The minimum Gasteiger partial charge on any atom is -0.306 e. The first-order chi connectivity index (χ1) is 13.6. The highest BCUT2D eigenvalue weighted by Gasteiger charge is 2.17. The van der Waals surface area contributed by atoms with E-state index in [4.69, 9.17) is 0 Å². The molecule has 4 rings (SSSR count). The number of hydrogen-bond acceptors (Lipinski definition) is 6. The quantitative estimate of drug-likeness (QED) is 0.625. The summed E-state index contributed by atoms with van der Waals surface area (Å²) in [6, 6.07) is 6.32. The molecule has 2 aromatic heterocycles. The number of nitrogens with zero attached hydrogens (tertiary/aromatic N) is 4. The molecule has 8 heteroatoms. The molecule has 28 heavy (non-hydrogen) atoms. The van der Waals surface area contributed by atoms with Gasteiger partial charge >= 0.3 is 0 Å². The number of hydrogen-bond donors (Lipinski definition) is 1. The van der Waals surface area contributed by atoms with Gasteiger partial charge in [0, 0.05) is 23.9 Å². The summed E-state index contributed by atoms with van der Waals surface area (Å²) in [7, 11) is 0. The van der Waals surface area contributed by atoms with Crippen LogP contribution in [0.5, 0.6) is 0 Å². The number of rotatable bonds is 5. The van der Waals surface area contributed by atoms with Crippen molar-refractivity contribution in [3.8, 4) is 11.3 Å². The lowest BCUT2D eigenvalue weighted by atomic mass is 10.0. The number of amides is 1. The molecule has 1 amide bonds. The normalized spacial score (nSPS) is 13.8. The van der Waals surface area contributed by atoms with E-state index >= 15 is 0 Å². The fourth-order valence-electron chi connectivity index (χ4n) is 3.32. The summed E-state index contributed by atoms with van der Waals surface area (Å²) in [4.78, 5) is 17.0. The van der Waals surface area contributed by atoms with Crippen molar-refractivity contribution >= 4 is 34.1 Å². The van der Waals surface area contributed by atoms with Gasteiger partial charge in [-0.15, -0.1) is 21.5 Å². The predicted octanol–water partition coefficient (Wildman–Crippen LogP) is 4.48. The van der Waals surface area contributed by atoms with Gasteiger partial charge in [0.05, 0.1) is 11.4 Å². The summed E-state index contributed by atoms with van der Waals surface area (Å²) in [5, 5.41) is 14.9. The molecule has 0 saturated carbocycles. The molecule has 6 nitrogen and oxygen atoms in total. The lowest BCUT2D eigenvalue weighted by Crippen LogP contribution is -2.14. The number of thioether (sulfide) groups is 1. The zero-order valence-electron chi connectivity index (χ0n) is 16.1. The summed E-state index contributed by atoms with van der Waals surface area (Å²) < 4.78 is 2.16. The van der Waals surface area contributed by atoms with Crippen molar-refractivity contribution in [3.63, 3.8) is 0 Å². The Morgan fingerprint density at radius 2 is 2.14 bits per heavy atom. The number of thiazole rings is 1. The largest absolute Gasteiger partial charge is 0.306 e. The monoisotopic (exact) mass is 413 g/mol. The standard InChI is InChI=1S/C20H23N5OS2/c1-13-7-8-14(2)15(10-13)16-11-27-19(21-16)22-18(26)12-28-20-24-23-17-6-4-3-5-9-25(17)20/h7-8,10-11H,3-6,9,12H2,1-2H3,(H,21,22,26). The van der Waals surface area contributed by atoms with Crippen molar-refractivity contribution in [1.82, 2.24) is 19.7 Å². The Bertz CT molecular complexity index is 994. The van der Waals surface area contributed by atoms with Gasteiger partial charge in [-0.2, -0.15) is 0 Å². The zero-order chi connectivity index (χ0) is 19.5. The van der Waals surface area contributed by atoms with E-state index in [9.17, 15) is 4.79 Å². The maximum Gasteiger partial charge on any atom is 0.236 e. The van der Waals surface area contributed by atoms with E-state index in [0.29, 0.717) is 10.9 Å². The molecule has 1 N–H and O–H groups in total. The number of aromatic nitrogens is 4. The van der Waals surface area contributed by atoms with E-state index in [2.05, 4.69) is 57.1 Å². The van der Waals surface area contributed by atoms with Crippen LogP contribution in [0.1, 0.15) is 36.2 Å².